The van der Waals surface area contributed by atoms with Crippen molar-refractivity contribution in [3.05, 3.63) is 39.6 Å². The van der Waals surface area contributed by atoms with Crippen LogP contribution in [0, 0.1) is 6.92 Å². The van der Waals surface area contributed by atoms with Crippen LogP contribution >= 0.6 is 27.5 Å². The normalized spacial score (nSPS) is 11.6. The third kappa shape index (κ3) is 2.93. The van der Waals surface area contributed by atoms with E-state index >= 15 is 0 Å². The van der Waals surface area contributed by atoms with Gasteiger partial charge in [-0.1, -0.05) is 33.6 Å². The highest BCUT2D eigenvalue weighted by molar-refractivity contribution is 9.10. The Labute approximate surface area is 124 Å². The van der Waals surface area contributed by atoms with E-state index < -0.39 is 10.1 Å². The van der Waals surface area contributed by atoms with Gasteiger partial charge in [-0.2, -0.15) is 13.5 Å². The number of hydrogen-bond donors (Lipinski definition) is 0. The number of rotatable bonds is 3. The number of benzene rings is 1. The molecule has 0 aliphatic rings. The monoisotopic (exact) mass is 364 g/mol. The lowest BCUT2D eigenvalue weighted by atomic mass is 10.3. The maximum atomic E-state index is 12.2. The maximum absolute atomic E-state index is 12.2. The maximum Gasteiger partial charge on any atom is 0.344 e. The highest BCUT2D eigenvalue weighted by atomic mass is 79.9. The first-order valence-corrected chi connectivity index (χ1v) is 7.78. The molecule has 102 valence electrons. The van der Waals surface area contributed by atoms with Gasteiger partial charge in [0.2, 0.25) is 0 Å². The Hall–Kier alpha value is -1.05. The highest BCUT2D eigenvalue weighted by Crippen LogP contribution is 2.28. The molecule has 0 spiro atoms. The summed E-state index contributed by atoms with van der Waals surface area (Å²) in [4.78, 5) is -0.114. The van der Waals surface area contributed by atoms with Crippen LogP contribution < -0.4 is 4.18 Å². The minimum atomic E-state index is -4.01. The lowest BCUT2D eigenvalue weighted by Gasteiger charge is -2.06. The molecule has 0 unspecified atom stereocenters. The Kier molecular flexibility index (Phi) is 3.89. The van der Waals surface area contributed by atoms with Crippen molar-refractivity contribution >= 4 is 37.6 Å². The largest absolute Gasteiger partial charge is 0.379 e. The van der Waals surface area contributed by atoms with Crippen molar-refractivity contribution in [3.63, 3.8) is 0 Å². The predicted octanol–water partition coefficient (Wildman–Crippen LogP) is 2.91. The molecule has 0 radical (unpaired) electrons. The van der Waals surface area contributed by atoms with Crippen molar-refractivity contribution in [2.45, 2.75) is 11.8 Å². The number of aromatic nitrogens is 2. The summed E-state index contributed by atoms with van der Waals surface area (Å²) in [6, 6.07) is 6.54. The fraction of sp³-hybridized carbons (Fsp3) is 0.182. The van der Waals surface area contributed by atoms with Gasteiger partial charge in [-0.15, -0.1) is 0 Å². The minimum Gasteiger partial charge on any atom is -0.379 e. The van der Waals surface area contributed by atoms with Gasteiger partial charge in [-0.25, -0.2) is 0 Å². The molecular formula is C11H10BrClN2O3S. The van der Waals surface area contributed by atoms with Gasteiger partial charge in [-0.3, -0.25) is 4.68 Å². The molecule has 0 aliphatic carbocycles. The van der Waals surface area contributed by atoms with Crippen LogP contribution in [0.4, 0.5) is 0 Å². The first-order valence-electron chi connectivity index (χ1n) is 5.20. The summed E-state index contributed by atoms with van der Waals surface area (Å²) >= 11 is 9.17. The zero-order valence-corrected chi connectivity index (χ0v) is 13.3. The smallest absolute Gasteiger partial charge is 0.344 e. The highest BCUT2D eigenvalue weighted by Gasteiger charge is 2.27. The zero-order chi connectivity index (χ0) is 14.2. The molecule has 1 heterocycles. The Balaban J connectivity index is 2.44. The van der Waals surface area contributed by atoms with E-state index in [1.807, 2.05) is 0 Å². The lowest BCUT2D eigenvalue weighted by molar-refractivity contribution is 0.485. The van der Waals surface area contributed by atoms with Crippen molar-refractivity contribution in [1.29, 1.82) is 0 Å². The molecule has 2 rings (SSSR count). The van der Waals surface area contributed by atoms with Crippen molar-refractivity contribution in [1.82, 2.24) is 9.78 Å². The average molecular weight is 366 g/mol. The molecule has 19 heavy (non-hydrogen) atoms. The molecule has 0 aliphatic heterocycles. The van der Waals surface area contributed by atoms with Gasteiger partial charge in [0.15, 0.2) is 4.90 Å². The van der Waals surface area contributed by atoms with Crippen LogP contribution in [-0.2, 0) is 17.2 Å². The standard InChI is InChI=1S/C11H10BrClN2O3S/c1-7-10(11(13)15(2)14-7)19(16,17)18-9-5-3-4-8(12)6-9/h3-6H,1-2H3. The molecular weight excluding hydrogens is 356 g/mol. The fourth-order valence-corrected chi connectivity index (χ4v) is 3.60. The number of halogens is 2. The second kappa shape index (κ2) is 5.15. The van der Waals surface area contributed by atoms with Crippen LogP contribution in [0.5, 0.6) is 5.75 Å². The predicted molar refractivity (Wildman–Crippen MR) is 74.9 cm³/mol. The molecule has 0 amide bonds. The van der Waals surface area contributed by atoms with Crippen molar-refractivity contribution in [3.8, 4) is 5.75 Å². The molecule has 0 atom stereocenters. The van der Waals surface area contributed by atoms with Crippen molar-refractivity contribution in [2.24, 2.45) is 7.05 Å². The molecule has 0 bridgehead atoms. The topological polar surface area (TPSA) is 61.2 Å². The summed E-state index contributed by atoms with van der Waals surface area (Å²) in [5.41, 5.74) is 0.294. The van der Waals surface area contributed by atoms with Gasteiger partial charge < -0.3 is 4.18 Å². The summed E-state index contributed by atoms with van der Waals surface area (Å²) in [6.45, 7) is 1.56. The van der Waals surface area contributed by atoms with Gasteiger partial charge in [0, 0.05) is 11.5 Å². The molecule has 0 N–H and O–H groups in total. The summed E-state index contributed by atoms with van der Waals surface area (Å²) in [5.74, 6) is 0.202. The molecule has 1 aromatic carbocycles. The van der Waals surface area contributed by atoms with Gasteiger partial charge in [0.1, 0.15) is 10.9 Å². The molecule has 0 fully saturated rings. The first-order chi connectivity index (χ1) is 8.81. The van der Waals surface area contributed by atoms with E-state index in [1.165, 1.54) is 4.68 Å². The Morgan fingerprint density at radius 1 is 1.42 bits per heavy atom. The van der Waals surface area contributed by atoms with Gasteiger partial charge in [0.25, 0.3) is 0 Å². The number of nitrogens with zero attached hydrogens (tertiary/aromatic N) is 2. The van der Waals surface area contributed by atoms with Crippen LogP contribution in [0.25, 0.3) is 0 Å². The summed E-state index contributed by atoms with van der Waals surface area (Å²) in [7, 11) is -2.44. The van der Waals surface area contributed by atoms with E-state index in [2.05, 4.69) is 21.0 Å². The molecule has 8 heteroatoms. The van der Waals surface area contributed by atoms with Crippen molar-refractivity contribution in [2.75, 3.05) is 0 Å². The summed E-state index contributed by atoms with van der Waals surface area (Å²) < 4.78 is 31.4. The summed E-state index contributed by atoms with van der Waals surface area (Å²) in [5, 5.41) is 3.97. The Morgan fingerprint density at radius 2 is 2.11 bits per heavy atom. The van der Waals surface area contributed by atoms with Crippen LogP contribution in [0.3, 0.4) is 0 Å². The van der Waals surface area contributed by atoms with Crippen molar-refractivity contribution < 1.29 is 12.6 Å². The van der Waals surface area contributed by atoms with E-state index in [0.717, 1.165) is 0 Å². The average Bonchev–Trinajstić information content (AvgIpc) is 2.52. The van der Waals surface area contributed by atoms with E-state index in [1.54, 1.807) is 38.2 Å². The molecule has 0 saturated carbocycles. The van der Waals surface area contributed by atoms with Crippen LogP contribution in [0.15, 0.2) is 33.6 Å². The molecule has 2 aromatic rings. The molecule has 0 saturated heterocycles. The van der Waals surface area contributed by atoms with Crippen LogP contribution in [0.1, 0.15) is 5.69 Å². The molecule has 1 aromatic heterocycles. The minimum absolute atomic E-state index is 0.0208. The SMILES string of the molecule is Cc1nn(C)c(Cl)c1S(=O)(=O)Oc1cccc(Br)c1. The van der Waals surface area contributed by atoms with E-state index in [0.29, 0.717) is 10.2 Å². The lowest BCUT2D eigenvalue weighted by Crippen LogP contribution is -2.11. The van der Waals surface area contributed by atoms with Crippen LogP contribution in [-0.4, -0.2) is 18.2 Å². The van der Waals surface area contributed by atoms with Gasteiger partial charge >= 0.3 is 10.1 Å². The zero-order valence-electron chi connectivity index (χ0n) is 10.1. The Morgan fingerprint density at radius 3 is 2.63 bits per heavy atom. The quantitative estimate of drug-likeness (QED) is 0.785. The van der Waals surface area contributed by atoms with E-state index in [9.17, 15) is 8.42 Å². The summed E-state index contributed by atoms with van der Waals surface area (Å²) in [6.07, 6.45) is 0. The van der Waals surface area contributed by atoms with Gasteiger partial charge in [0.05, 0.1) is 5.69 Å². The molecule has 5 nitrogen and oxygen atoms in total. The fourth-order valence-electron chi connectivity index (χ4n) is 1.58. The second-order valence-electron chi connectivity index (χ2n) is 3.82. The number of hydrogen-bond acceptors (Lipinski definition) is 4. The van der Waals surface area contributed by atoms with E-state index in [4.69, 9.17) is 15.8 Å². The third-order valence-corrected chi connectivity index (χ3v) is 4.79. The Bertz CT molecular complexity index is 728. The number of aryl methyl sites for hydroxylation is 2. The first kappa shape index (κ1) is 14.4. The van der Waals surface area contributed by atoms with Gasteiger partial charge in [-0.05, 0) is 25.1 Å². The van der Waals surface area contributed by atoms with E-state index in [-0.39, 0.29) is 15.8 Å². The van der Waals surface area contributed by atoms with Crippen LogP contribution in [0.2, 0.25) is 5.15 Å². The third-order valence-electron chi connectivity index (χ3n) is 2.35. The second-order valence-corrected chi connectivity index (χ2v) is 6.58.